The molecule has 0 radical (unpaired) electrons. The third-order valence-corrected chi connectivity index (χ3v) is 1.98. The number of alkyl halides is 2. The van der Waals surface area contributed by atoms with Crippen LogP contribution in [0.4, 0.5) is 8.78 Å². The van der Waals surface area contributed by atoms with E-state index in [0.29, 0.717) is 0 Å². The number of hydrogen-bond donors (Lipinski definition) is 1. The van der Waals surface area contributed by atoms with Crippen LogP contribution in [-0.4, -0.2) is 18.5 Å². The van der Waals surface area contributed by atoms with Crippen LogP contribution in [0.1, 0.15) is 28.6 Å². The highest BCUT2D eigenvalue weighted by Crippen LogP contribution is 2.30. The molecule has 0 bridgehead atoms. The molecule has 0 rings (SSSR count). The average Bonchev–Trinajstić information content (AvgIpc) is 1.88. The fourth-order valence-corrected chi connectivity index (χ4v) is 0.625. The van der Waals surface area contributed by atoms with E-state index in [4.69, 9.17) is 0 Å². The van der Waals surface area contributed by atoms with E-state index in [2.05, 4.69) is 5.32 Å². The van der Waals surface area contributed by atoms with Crippen molar-refractivity contribution in [2.24, 2.45) is 0 Å². The van der Waals surface area contributed by atoms with Gasteiger partial charge in [-0.3, -0.25) is 0 Å². The highest BCUT2D eigenvalue weighted by Gasteiger charge is 2.43. The lowest BCUT2D eigenvalue weighted by molar-refractivity contribution is -0.0757. The normalized spacial score (nSPS) is 13.8. The van der Waals surface area contributed by atoms with Gasteiger partial charge in [0.05, 0.1) is 5.54 Å². The first kappa shape index (κ1) is 9.82. The topological polar surface area (TPSA) is 12.0 Å². The average molecular weight is 153 g/mol. The minimum Gasteiger partial charge on any atom is -0.310 e. The van der Waals surface area contributed by atoms with Crippen molar-refractivity contribution in [1.82, 2.24) is 5.32 Å². The molecule has 1 N–H and O–H groups in total. The molecular weight excluding hydrogens is 136 g/mol. The van der Waals surface area contributed by atoms with Crippen LogP contribution in [0.3, 0.4) is 0 Å². The monoisotopic (exact) mass is 153 g/mol. The minimum absolute atomic E-state index is 0. The summed E-state index contributed by atoms with van der Waals surface area (Å²) < 4.78 is 25.7. The Morgan fingerprint density at radius 3 is 1.90 bits per heavy atom. The molecule has 0 aliphatic rings. The molecule has 0 amide bonds. The lowest BCUT2D eigenvalue weighted by Gasteiger charge is -2.32. The molecule has 64 valence electrons. The van der Waals surface area contributed by atoms with E-state index in [0.717, 1.165) is 0 Å². The molecule has 0 saturated carbocycles. The molecule has 0 aromatic heterocycles. The summed E-state index contributed by atoms with van der Waals surface area (Å²) in [5.74, 6) is -2.62. The van der Waals surface area contributed by atoms with Crippen LogP contribution in [0, 0.1) is 0 Å². The van der Waals surface area contributed by atoms with E-state index >= 15 is 0 Å². The van der Waals surface area contributed by atoms with Gasteiger partial charge in [0.1, 0.15) is 0 Å². The van der Waals surface area contributed by atoms with Crippen molar-refractivity contribution in [3.05, 3.63) is 0 Å². The summed E-state index contributed by atoms with van der Waals surface area (Å²) in [6, 6.07) is 0. The van der Waals surface area contributed by atoms with E-state index in [1.165, 1.54) is 20.8 Å². The van der Waals surface area contributed by atoms with Gasteiger partial charge in [-0.05, 0) is 20.9 Å². The van der Waals surface area contributed by atoms with Crippen LogP contribution in [0.25, 0.3) is 0 Å². The summed E-state index contributed by atoms with van der Waals surface area (Å²) in [6.45, 7) is 4.48. The van der Waals surface area contributed by atoms with Gasteiger partial charge >= 0.3 is 0 Å². The summed E-state index contributed by atoms with van der Waals surface area (Å²) in [5.41, 5.74) is -1.10. The van der Waals surface area contributed by atoms with Crippen LogP contribution < -0.4 is 5.32 Å². The number of rotatable bonds is 3. The molecule has 0 aliphatic carbocycles. The summed E-state index contributed by atoms with van der Waals surface area (Å²) in [4.78, 5) is 0. The van der Waals surface area contributed by atoms with Gasteiger partial charge in [-0.1, -0.05) is 6.92 Å². The largest absolute Gasteiger partial charge is 0.310 e. The maximum absolute atomic E-state index is 12.9. The molecule has 0 heterocycles. The van der Waals surface area contributed by atoms with Gasteiger partial charge in [-0.25, -0.2) is 8.78 Å². The second-order valence-electron chi connectivity index (χ2n) is 2.93. The van der Waals surface area contributed by atoms with Gasteiger partial charge in [-0.15, -0.1) is 0 Å². The lowest BCUT2D eigenvalue weighted by atomic mass is 9.94. The Balaban J connectivity index is 0. The second kappa shape index (κ2) is 2.82. The van der Waals surface area contributed by atoms with E-state index in [9.17, 15) is 8.78 Å². The third kappa shape index (κ3) is 1.66. The molecule has 0 unspecified atom stereocenters. The summed E-state index contributed by atoms with van der Waals surface area (Å²) >= 11 is 0. The fraction of sp³-hybridized carbons (Fsp3) is 1.00. The van der Waals surface area contributed by atoms with Crippen molar-refractivity contribution in [3.8, 4) is 0 Å². The van der Waals surface area contributed by atoms with Gasteiger partial charge < -0.3 is 5.32 Å². The first-order chi connectivity index (χ1) is 4.37. The summed E-state index contributed by atoms with van der Waals surface area (Å²) in [5, 5.41) is 2.58. The van der Waals surface area contributed by atoms with Crippen LogP contribution in [0.2, 0.25) is 0 Å². The maximum atomic E-state index is 12.9. The fourth-order valence-electron chi connectivity index (χ4n) is 0.625. The van der Waals surface area contributed by atoms with Crippen molar-refractivity contribution in [2.45, 2.75) is 38.7 Å². The zero-order valence-electron chi connectivity index (χ0n) is 6.96. The molecule has 1 nitrogen and oxygen atoms in total. The zero-order valence-corrected chi connectivity index (χ0v) is 6.96. The molecular formula is C7H17F2N. The summed E-state index contributed by atoms with van der Waals surface area (Å²) in [6.07, 6.45) is -0.124. The summed E-state index contributed by atoms with van der Waals surface area (Å²) in [7, 11) is 1.55. The van der Waals surface area contributed by atoms with Crippen LogP contribution >= 0.6 is 0 Å². The van der Waals surface area contributed by atoms with Gasteiger partial charge in [0.25, 0.3) is 5.92 Å². The molecule has 0 fully saturated rings. The maximum Gasteiger partial charge on any atom is 0.265 e. The van der Waals surface area contributed by atoms with Gasteiger partial charge in [0.15, 0.2) is 0 Å². The smallest absolute Gasteiger partial charge is 0.265 e. The first-order valence-corrected chi connectivity index (χ1v) is 3.44. The Morgan fingerprint density at radius 1 is 1.40 bits per heavy atom. The van der Waals surface area contributed by atoms with Crippen molar-refractivity contribution in [3.63, 3.8) is 0 Å². The van der Waals surface area contributed by atoms with Gasteiger partial charge in [0.2, 0.25) is 0 Å². The molecule has 0 spiro atoms. The Labute approximate surface area is 62.3 Å². The Kier molecular flexibility index (Phi) is 2.77. The van der Waals surface area contributed by atoms with Crippen molar-refractivity contribution >= 4 is 0 Å². The van der Waals surface area contributed by atoms with E-state index in [1.54, 1.807) is 7.05 Å². The first-order valence-electron chi connectivity index (χ1n) is 3.44. The Morgan fingerprint density at radius 2 is 1.80 bits per heavy atom. The molecule has 0 aliphatic heterocycles. The molecule has 0 aromatic rings. The van der Waals surface area contributed by atoms with Crippen LogP contribution in [0.15, 0.2) is 0 Å². The highest BCUT2D eigenvalue weighted by molar-refractivity contribution is 4.90. The van der Waals surface area contributed by atoms with Crippen LogP contribution in [0.5, 0.6) is 0 Å². The van der Waals surface area contributed by atoms with Gasteiger partial charge in [0, 0.05) is 7.85 Å². The molecule has 0 saturated heterocycles. The second-order valence-corrected chi connectivity index (χ2v) is 2.93. The van der Waals surface area contributed by atoms with Crippen molar-refractivity contribution in [1.29, 1.82) is 0 Å². The standard InChI is InChI=1S/C7H15F2N.H2/c1-5-7(8,9)6(2,3)10-4;/h10H,5H2,1-4H3;1H. The SMILES string of the molecule is CCC(F)(F)C(C)(C)NC.[HH]. The van der Waals surface area contributed by atoms with Crippen molar-refractivity contribution in [2.75, 3.05) is 7.05 Å². The third-order valence-electron chi connectivity index (χ3n) is 1.98. The number of nitrogens with one attached hydrogen (secondary N) is 1. The van der Waals surface area contributed by atoms with E-state index < -0.39 is 11.5 Å². The van der Waals surface area contributed by atoms with E-state index in [1.807, 2.05) is 0 Å². The molecule has 0 aromatic carbocycles. The number of halogens is 2. The quantitative estimate of drug-likeness (QED) is 0.656. The lowest BCUT2D eigenvalue weighted by Crippen LogP contribution is -2.52. The minimum atomic E-state index is -2.62. The Hall–Kier alpha value is -0.180. The predicted molar refractivity (Wildman–Crippen MR) is 40.5 cm³/mol. The predicted octanol–water partition coefficient (Wildman–Crippen LogP) is 2.28. The molecule has 0 atom stereocenters. The van der Waals surface area contributed by atoms with Gasteiger partial charge in [-0.2, -0.15) is 0 Å². The van der Waals surface area contributed by atoms with Crippen LogP contribution in [-0.2, 0) is 0 Å². The molecule has 3 heteroatoms. The Bertz CT molecular complexity index is 101. The highest BCUT2D eigenvalue weighted by atomic mass is 19.3. The van der Waals surface area contributed by atoms with Crippen molar-refractivity contribution < 1.29 is 10.2 Å². The molecule has 10 heavy (non-hydrogen) atoms. The zero-order chi connectivity index (χ0) is 8.41. The van der Waals surface area contributed by atoms with E-state index in [-0.39, 0.29) is 7.85 Å². The number of hydrogen-bond acceptors (Lipinski definition) is 1.